The molecule has 0 aliphatic rings. The summed E-state index contributed by atoms with van der Waals surface area (Å²) in [6.45, 7) is 6.40. The molecule has 2 amide bonds. The number of hydrogen-bond acceptors (Lipinski definition) is 3. The van der Waals surface area contributed by atoms with Gasteiger partial charge in [-0.25, -0.2) is 0 Å². The Morgan fingerprint density at radius 3 is 2.16 bits per heavy atom. The summed E-state index contributed by atoms with van der Waals surface area (Å²) in [5.41, 5.74) is 2.83. The molecule has 0 aromatic heterocycles. The van der Waals surface area contributed by atoms with Gasteiger partial charge in [0, 0.05) is 5.69 Å². The molecule has 0 unspecified atom stereocenters. The summed E-state index contributed by atoms with van der Waals surface area (Å²) in [4.78, 5) is 25.1. The fourth-order valence-corrected chi connectivity index (χ4v) is 3.05. The van der Waals surface area contributed by atoms with E-state index in [0.29, 0.717) is 22.7 Å². The average Bonchev–Trinajstić information content (AvgIpc) is 2.79. The van der Waals surface area contributed by atoms with Crippen molar-refractivity contribution in [1.29, 1.82) is 0 Å². The third-order valence-corrected chi connectivity index (χ3v) is 5.37. The van der Waals surface area contributed by atoms with Crippen LogP contribution in [0.5, 0.6) is 5.75 Å². The zero-order chi connectivity index (χ0) is 22.3. The van der Waals surface area contributed by atoms with E-state index in [2.05, 4.69) is 31.4 Å². The van der Waals surface area contributed by atoms with Gasteiger partial charge in [0.05, 0.1) is 11.3 Å². The fourth-order valence-electron chi connectivity index (χ4n) is 3.05. The van der Waals surface area contributed by atoms with Crippen LogP contribution in [0, 0.1) is 0 Å². The normalized spacial score (nSPS) is 10.9. The standard InChI is InChI=1S/C26H28N2O3/c1-4-26(2,3)19-14-16-21(17-15-19)31-18-24(29)28-23-13-9-8-12-22(23)25(30)27-20-10-6-5-7-11-20/h5-17H,4,18H2,1-3H3,(H,27,30)(H,28,29). The fraction of sp³-hybridized carbons (Fsp3) is 0.231. The molecule has 31 heavy (non-hydrogen) atoms. The van der Waals surface area contributed by atoms with Crippen molar-refractivity contribution in [1.82, 2.24) is 0 Å². The topological polar surface area (TPSA) is 67.4 Å². The molecular weight excluding hydrogens is 388 g/mol. The van der Waals surface area contributed by atoms with E-state index >= 15 is 0 Å². The van der Waals surface area contributed by atoms with E-state index in [0.717, 1.165) is 6.42 Å². The third-order valence-electron chi connectivity index (χ3n) is 5.37. The highest BCUT2D eigenvalue weighted by atomic mass is 16.5. The van der Waals surface area contributed by atoms with Crippen LogP contribution in [0.3, 0.4) is 0 Å². The molecule has 160 valence electrons. The second-order valence-electron chi connectivity index (χ2n) is 7.96. The van der Waals surface area contributed by atoms with Crippen molar-refractivity contribution in [2.24, 2.45) is 0 Å². The lowest BCUT2D eigenvalue weighted by Gasteiger charge is -2.23. The number of carbonyl (C=O) groups is 2. The first kappa shape index (κ1) is 22.1. The van der Waals surface area contributed by atoms with Crippen LogP contribution < -0.4 is 15.4 Å². The number of para-hydroxylation sites is 2. The van der Waals surface area contributed by atoms with Crippen LogP contribution in [0.25, 0.3) is 0 Å². The number of benzene rings is 3. The quantitative estimate of drug-likeness (QED) is 0.499. The van der Waals surface area contributed by atoms with Crippen molar-refractivity contribution < 1.29 is 14.3 Å². The summed E-state index contributed by atoms with van der Waals surface area (Å²) in [6, 6.07) is 23.9. The first-order chi connectivity index (χ1) is 14.9. The Bertz CT molecular complexity index is 1030. The lowest BCUT2D eigenvalue weighted by Crippen LogP contribution is -2.23. The van der Waals surface area contributed by atoms with Crippen LogP contribution in [0.15, 0.2) is 78.9 Å². The predicted molar refractivity (Wildman–Crippen MR) is 125 cm³/mol. The minimum atomic E-state index is -0.335. The number of nitrogens with one attached hydrogen (secondary N) is 2. The number of rotatable bonds is 8. The predicted octanol–water partition coefficient (Wildman–Crippen LogP) is 5.64. The van der Waals surface area contributed by atoms with Crippen LogP contribution in [-0.2, 0) is 10.2 Å². The summed E-state index contributed by atoms with van der Waals surface area (Å²) in [5, 5.41) is 5.60. The van der Waals surface area contributed by atoms with Crippen molar-refractivity contribution >= 4 is 23.2 Å². The van der Waals surface area contributed by atoms with Gasteiger partial charge in [0.2, 0.25) is 0 Å². The smallest absolute Gasteiger partial charge is 0.262 e. The molecule has 5 nitrogen and oxygen atoms in total. The van der Waals surface area contributed by atoms with Crippen molar-refractivity contribution in [2.75, 3.05) is 17.2 Å². The van der Waals surface area contributed by atoms with Crippen LogP contribution in [-0.4, -0.2) is 18.4 Å². The average molecular weight is 417 g/mol. The Kier molecular flexibility index (Phi) is 7.08. The molecule has 3 rings (SSSR count). The third kappa shape index (κ3) is 5.95. The van der Waals surface area contributed by atoms with Crippen molar-refractivity contribution in [2.45, 2.75) is 32.6 Å². The Morgan fingerprint density at radius 2 is 1.48 bits per heavy atom. The zero-order valence-corrected chi connectivity index (χ0v) is 18.1. The largest absolute Gasteiger partial charge is 0.484 e. The minimum absolute atomic E-state index is 0.0972. The van der Waals surface area contributed by atoms with Crippen molar-refractivity contribution in [3.63, 3.8) is 0 Å². The Labute approximate surface area is 183 Å². The van der Waals surface area contributed by atoms with E-state index in [1.165, 1.54) is 5.56 Å². The van der Waals surface area contributed by atoms with Crippen molar-refractivity contribution in [3.8, 4) is 5.75 Å². The first-order valence-electron chi connectivity index (χ1n) is 10.4. The number of amides is 2. The maximum absolute atomic E-state index is 12.6. The van der Waals surface area contributed by atoms with Crippen molar-refractivity contribution in [3.05, 3.63) is 90.0 Å². The minimum Gasteiger partial charge on any atom is -0.484 e. The van der Waals surface area contributed by atoms with Gasteiger partial charge in [-0.1, -0.05) is 63.2 Å². The molecule has 0 aliphatic carbocycles. The highest BCUT2D eigenvalue weighted by Gasteiger charge is 2.18. The lowest BCUT2D eigenvalue weighted by atomic mass is 9.82. The molecule has 0 spiro atoms. The van der Waals surface area contributed by atoms with Crippen LogP contribution in [0.4, 0.5) is 11.4 Å². The van der Waals surface area contributed by atoms with Crippen LogP contribution in [0.1, 0.15) is 43.1 Å². The molecule has 0 radical (unpaired) electrons. The molecule has 2 N–H and O–H groups in total. The molecule has 0 bridgehead atoms. The molecule has 3 aromatic rings. The van der Waals surface area contributed by atoms with Gasteiger partial charge in [-0.3, -0.25) is 9.59 Å². The summed E-state index contributed by atoms with van der Waals surface area (Å²) in [6.07, 6.45) is 1.03. The summed E-state index contributed by atoms with van der Waals surface area (Å²) in [5.74, 6) is -0.00372. The molecule has 0 fully saturated rings. The van der Waals surface area contributed by atoms with Gasteiger partial charge in [0.25, 0.3) is 11.8 Å². The first-order valence-corrected chi connectivity index (χ1v) is 10.4. The molecular formula is C26H28N2O3. The maximum atomic E-state index is 12.6. The maximum Gasteiger partial charge on any atom is 0.262 e. The summed E-state index contributed by atoms with van der Waals surface area (Å²) in [7, 11) is 0. The Hall–Kier alpha value is -3.60. The highest BCUT2D eigenvalue weighted by molar-refractivity contribution is 6.10. The Balaban J connectivity index is 1.60. The molecule has 0 atom stereocenters. The SMILES string of the molecule is CCC(C)(C)c1ccc(OCC(=O)Nc2ccccc2C(=O)Nc2ccccc2)cc1. The molecule has 0 heterocycles. The van der Waals surface area contributed by atoms with Gasteiger partial charge in [0.15, 0.2) is 6.61 Å². The summed E-state index contributed by atoms with van der Waals surface area (Å²) >= 11 is 0. The molecule has 5 heteroatoms. The second kappa shape index (κ2) is 9.94. The van der Waals surface area contributed by atoms with Gasteiger partial charge < -0.3 is 15.4 Å². The highest BCUT2D eigenvalue weighted by Crippen LogP contribution is 2.28. The van der Waals surface area contributed by atoms with Gasteiger partial charge >= 0.3 is 0 Å². The van der Waals surface area contributed by atoms with E-state index in [4.69, 9.17) is 4.74 Å². The molecule has 0 saturated carbocycles. The lowest BCUT2D eigenvalue weighted by molar-refractivity contribution is -0.118. The van der Waals surface area contributed by atoms with Crippen LogP contribution >= 0.6 is 0 Å². The monoisotopic (exact) mass is 416 g/mol. The molecule has 0 saturated heterocycles. The van der Waals surface area contributed by atoms with E-state index in [-0.39, 0.29) is 23.8 Å². The second-order valence-corrected chi connectivity index (χ2v) is 7.96. The molecule has 0 aliphatic heterocycles. The Morgan fingerprint density at radius 1 is 0.839 bits per heavy atom. The van der Waals surface area contributed by atoms with Crippen LogP contribution in [0.2, 0.25) is 0 Å². The van der Waals surface area contributed by atoms with Gasteiger partial charge in [0.1, 0.15) is 5.75 Å². The van der Waals surface area contributed by atoms with E-state index < -0.39 is 0 Å². The van der Waals surface area contributed by atoms with E-state index in [1.807, 2.05) is 42.5 Å². The summed E-state index contributed by atoms with van der Waals surface area (Å²) < 4.78 is 5.62. The number of carbonyl (C=O) groups excluding carboxylic acids is 2. The number of hydrogen-bond donors (Lipinski definition) is 2. The van der Waals surface area contributed by atoms with E-state index in [1.54, 1.807) is 36.4 Å². The van der Waals surface area contributed by atoms with Gasteiger partial charge in [-0.15, -0.1) is 0 Å². The number of anilines is 2. The van der Waals surface area contributed by atoms with Gasteiger partial charge in [-0.2, -0.15) is 0 Å². The zero-order valence-electron chi connectivity index (χ0n) is 18.1. The van der Waals surface area contributed by atoms with E-state index in [9.17, 15) is 9.59 Å². The molecule has 3 aromatic carbocycles. The van der Waals surface area contributed by atoms with Gasteiger partial charge in [-0.05, 0) is 53.8 Å². The number of ether oxygens (including phenoxy) is 1.